The third kappa shape index (κ3) is 9.48. The van der Waals surface area contributed by atoms with E-state index in [1.54, 1.807) is 0 Å². The van der Waals surface area contributed by atoms with E-state index in [0.717, 1.165) is 25.1 Å². The zero-order chi connectivity index (χ0) is 43.1. The van der Waals surface area contributed by atoms with Gasteiger partial charge in [0.1, 0.15) is 20.3 Å². The molecule has 2 aromatic heterocycles. The number of hydrogen-bond donors (Lipinski definition) is 9. The van der Waals surface area contributed by atoms with Crippen LogP contribution in [0.25, 0.3) is 0 Å². The van der Waals surface area contributed by atoms with E-state index < -0.39 is 103 Å². The van der Waals surface area contributed by atoms with Crippen LogP contribution in [-0.2, 0) is 44.7 Å². The van der Waals surface area contributed by atoms with Crippen molar-refractivity contribution in [1.82, 2.24) is 34.8 Å². The first-order valence-corrected chi connectivity index (χ1v) is 20.3. The molecule has 0 saturated carbocycles. The number of rotatable bonds is 13. The highest BCUT2D eigenvalue weighted by Gasteiger charge is 2.38. The molecule has 0 radical (unpaired) electrons. The maximum atomic E-state index is 13.1. The minimum absolute atomic E-state index is 0.00223. The Labute approximate surface area is 335 Å². The Morgan fingerprint density at radius 2 is 1.26 bits per heavy atom. The molecule has 0 fully saturated rings. The number of nitrogens with two attached hydrogens (primary N) is 2. The van der Waals surface area contributed by atoms with Gasteiger partial charge in [-0.3, -0.25) is 38.4 Å². The van der Waals surface area contributed by atoms with Gasteiger partial charge in [0.15, 0.2) is 5.71 Å². The molecular weight excluding hydrogens is 879 g/mol. The first kappa shape index (κ1) is 42.9. The molecule has 0 unspecified atom stereocenters. The van der Waals surface area contributed by atoms with Crippen LogP contribution in [0.3, 0.4) is 0 Å². The van der Waals surface area contributed by atoms with Gasteiger partial charge in [0.2, 0.25) is 34.4 Å². The highest BCUT2D eigenvalue weighted by Crippen LogP contribution is 2.35. The molecule has 306 valence electrons. The molecule has 26 nitrogen and oxygen atoms in total. The molecule has 0 aliphatic carbocycles. The molecular formula is C27H24Cl2N14O12S3. The summed E-state index contributed by atoms with van der Waals surface area (Å²) in [5.41, 5.74) is 9.78. The average Bonchev–Trinajstić information content (AvgIpc) is 3.06. The molecule has 0 saturated heterocycles. The number of anilines is 8. The van der Waals surface area contributed by atoms with Crippen molar-refractivity contribution >= 4 is 124 Å². The van der Waals surface area contributed by atoms with Crippen LogP contribution in [0.1, 0.15) is 13.8 Å². The van der Waals surface area contributed by atoms with E-state index in [9.17, 15) is 53.3 Å². The van der Waals surface area contributed by atoms with Crippen LogP contribution < -0.4 is 32.8 Å². The van der Waals surface area contributed by atoms with E-state index in [0.29, 0.717) is 17.0 Å². The maximum Gasteiger partial charge on any atom is 0.296 e. The number of nitrogen functional groups attached to an aromatic ring is 1. The number of likely N-dealkylation sites (N-methyl/N-ethyl adjacent to an activating group) is 1. The summed E-state index contributed by atoms with van der Waals surface area (Å²) < 4.78 is 104. The summed E-state index contributed by atoms with van der Waals surface area (Å²) in [6.45, 7) is 2.32. The smallest absolute Gasteiger partial charge is 0.296 e. The quantitative estimate of drug-likeness (QED) is 0.0389. The van der Waals surface area contributed by atoms with Crippen molar-refractivity contribution in [3.8, 4) is 0 Å². The van der Waals surface area contributed by atoms with E-state index in [-0.39, 0.29) is 40.7 Å². The molecule has 31 heteroatoms. The van der Waals surface area contributed by atoms with Gasteiger partial charge in [-0.2, -0.15) is 60.3 Å². The van der Waals surface area contributed by atoms with E-state index in [1.165, 1.54) is 6.92 Å². The van der Waals surface area contributed by atoms with Crippen LogP contribution >= 0.6 is 23.2 Å². The third-order valence-electron chi connectivity index (χ3n) is 7.37. The molecule has 3 heterocycles. The number of carbonyl (C=O) groups is 3. The third-order valence-corrected chi connectivity index (χ3v) is 10.4. The fourth-order valence-electron chi connectivity index (χ4n) is 4.98. The molecule has 1 aliphatic heterocycles. The molecule has 0 bridgehead atoms. The van der Waals surface area contributed by atoms with Crippen molar-refractivity contribution in [2.75, 3.05) is 33.7 Å². The Morgan fingerprint density at radius 3 is 1.79 bits per heavy atom. The SMILES string of the molecule is CCN1C(=O)C(=NNc2cc(Nc3nc(Cl)nc(Nc4ccc(S(=O)(=O)O)c(Nc5nc(N)nc(Cl)n5)c4)n3)c(S(=O)(=O)O)cc2S(=O)(=O)O)C(C)=C(C(N)=O)C1=O. The van der Waals surface area contributed by atoms with E-state index >= 15 is 0 Å². The highest BCUT2D eigenvalue weighted by molar-refractivity contribution is 7.87. The fourth-order valence-corrected chi connectivity index (χ4v) is 7.31. The lowest BCUT2D eigenvalue weighted by molar-refractivity contribution is -0.139. The summed E-state index contributed by atoms with van der Waals surface area (Å²) in [6.07, 6.45) is 0. The highest BCUT2D eigenvalue weighted by atomic mass is 35.5. The van der Waals surface area contributed by atoms with Crippen LogP contribution in [0, 0.1) is 0 Å². The predicted octanol–water partition coefficient (Wildman–Crippen LogP) is 0.875. The lowest BCUT2D eigenvalue weighted by Gasteiger charge is -2.26. The molecule has 0 spiro atoms. The molecule has 58 heavy (non-hydrogen) atoms. The summed E-state index contributed by atoms with van der Waals surface area (Å²) in [5.74, 6) is -4.93. The van der Waals surface area contributed by atoms with Gasteiger partial charge in [-0.15, -0.1) is 0 Å². The Hall–Kier alpha value is -6.21. The number of carbonyl (C=O) groups excluding carboxylic acids is 3. The van der Waals surface area contributed by atoms with Crippen molar-refractivity contribution in [2.24, 2.45) is 10.8 Å². The molecule has 0 atom stereocenters. The summed E-state index contributed by atoms with van der Waals surface area (Å²) in [4.78, 5) is 58.2. The summed E-state index contributed by atoms with van der Waals surface area (Å²) in [7, 11) is -15.6. The summed E-state index contributed by atoms with van der Waals surface area (Å²) in [6, 6.07) is 4.19. The zero-order valence-electron chi connectivity index (χ0n) is 28.8. The Balaban J connectivity index is 1.57. The number of benzene rings is 2. The van der Waals surface area contributed by atoms with Crippen molar-refractivity contribution in [3.05, 3.63) is 52.0 Å². The number of halogens is 2. The Kier molecular flexibility index (Phi) is 11.8. The number of hydrogen-bond acceptors (Lipinski definition) is 21. The maximum absolute atomic E-state index is 13.1. The van der Waals surface area contributed by atoms with Gasteiger partial charge in [-0.05, 0) is 67.4 Å². The average molecular weight is 904 g/mol. The van der Waals surface area contributed by atoms with Crippen molar-refractivity contribution in [3.63, 3.8) is 0 Å². The number of nitrogens with one attached hydrogen (secondary N) is 4. The van der Waals surface area contributed by atoms with E-state index in [1.807, 2.05) is 0 Å². The number of amides is 3. The van der Waals surface area contributed by atoms with Gasteiger partial charge >= 0.3 is 0 Å². The predicted molar refractivity (Wildman–Crippen MR) is 202 cm³/mol. The molecule has 3 amide bonds. The molecule has 2 aromatic carbocycles. The Bertz CT molecular complexity index is 2820. The fraction of sp³-hybridized carbons (Fsp3) is 0.111. The molecule has 11 N–H and O–H groups in total. The largest absolute Gasteiger partial charge is 0.368 e. The van der Waals surface area contributed by atoms with Crippen LogP contribution in [-0.4, -0.2) is 104 Å². The Morgan fingerprint density at radius 1 is 0.741 bits per heavy atom. The minimum atomic E-state index is -5.35. The van der Waals surface area contributed by atoms with Gasteiger partial charge in [0.05, 0.1) is 17.1 Å². The number of nitrogens with zero attached hydrogens (tertiary/aromatic N) is 8. The van der Waals surface area contributed by atoms with Gasteiger partial charge in [0.25, 0.3) is 48.1 Å². The van der Waals surface area contributed by atoms with E-state index in [4.69, 9.17) is 34.7 Å². The van der Waals surface area contributed by atoms with Crippen molar-refractivity contribution < 1.29 is 53.3 Å². The topological polar surface area (TPSA) is 407 Å². The molecule has 4 aromatic rings. The lowest BCUT2D eigenvalue weighted by Crippen LogP contribution is -2.49. The first-order valence-electron chi connectivity index (χ1n) is 15.2. The summed E-state index contributed by atoms with van der Waals surface area (Å²) >= 11 is 11.9. The minimum Gasteiger partial charge on any atom is -0.368 e. The van der Waals surface area contributed by atoms with Crippen molar-refractivity contribution in [2.45, 2.75) is 28.5 Å². The van der Waals surface area contributed by atoms with Gasteiger partial charge in [0, 0.05) is 17.8 Å². The van der Waals surface area contributed by atoms with E-state index in [2.05, 4.69) is 56.4 Å². The first-order chi connectivity index (χ1) is 26.9. The van der Waals surface area contributed by atoms with Gasteiger partial charge in [-0.25, -0.2) is 0 Å². The standard InChI is InChI=1S/C27H24Cl2N14O12S3/c1-3-43-20(45)17(19(30)44)9(2)18(21(43)46)42-41-13-7-12(15(57(50,51)52)8-16(13)58(53,54)55)34-27-38-23(29)37-25(40-27)32-10-4-5-14(56(47,48)49)11(6-10)33-26-36-22(28)35-24(31)39-26/h4-8,41H,3H2,1-2H3,(H2,30,44)(H,47,48,49)(H,50,51,52)(H,53,54,55)(H3,31,33,35,36,39)(H2,32,34,37,38,40). The number of imide groups is 1. The molecule has 1 aliphatic rings. The van der Waals surface area contributed by atoms with Crippen LogP contribution in [0.5, 0.6) is 0 Å². The second kappa shape index (κ2) is 16.0. The van der Waals surface area contributed by atoms with Crippen LogP contribution in [0.4, 0.5) is 46.5 Å². The number of primary amides is 1. The van der Waals surface area contributed by atoms with Gasteiger partial charge < -0.3 is 27.4 Å². The summed E-state index contributed by atoms with van der Waals surface area (Å²) in [5, 5.41) is 10.5. The lowest BCUT2D eigenvalue weighted by atomic mass is 9.97. The van der Waals surface area contributed by atoms with Crippen LogP contribution in [0.15, 0.2) is 61.3 Å². The number of hydrazone groups is 1. The van der Waals surface area contributed by atoms with Crippen molar-refractivity contribution in [1.29, 1.82) is 0 Å². The normalized spacial score (nSPS) is 14.5. The number of aromatic nitrogens is 6. The second-order valence-electron chi connectivity index (χ2n) is 11.2. The zero-order valence-corrected chi connectivity index (χ0v) is 32.8. The second-order valence-corrected chi connectivity index (χ2v) is 16.0. The van der Waals surface area contributed by atoms with Crippen LogP contribution in [0.2, 0.25) is 10.6 Å². The monoisotopic (exact) mass is 902 g/mol. The molecule has 5 rings (SSSR count). The van der Waals surface area contributed by atoms with Gasteiger partial charge in [-0.1, -0.05) is 0 Å².